The van der Waals surface area contributed by atoms with Crippen LogP contribution >= 0.6 is 0 Å². The van der Waals surface area contributed by atoms with Gasteiger partial charge in [-0.3, -0.25) is 4.79 Å². The molecule has 1 rings (SSSR count). The number of rotatable bonds is 4. The zero-order chi connectivity index (χ0) is 11.3. The molecule has 4 nitrogen and oxygen atoms in total. The maximum atomic E-state index is 11.8. The fraction of sp³-hybridized carbons (Fsp3) is 0.818. The monoisotopic (exact) mass is 211 g/mol. The van der Waals surface area contributed by atoms with Gasteiger partial charge in [0.15, 0.2) is 0 Å². The zero-order valence-corrected chi connectivity index (χ0v) is 9.78. The molecule has 1 amide bonds. The summed E-state index contributed by atoms with van der Waals surface area (Å²) in [4.78, 5) is 17.9. The SMILES string of the molecule is [CH]CN(C)CCC(=O)N1CCN(C)CC1. The molecular weight excluding hydrogens is 190 g/mol. The standard InChI is InChI=1S/C11H21N3O/c1-4-12(2)6-5-11(15)14-9-7-13(3)8-10-14/h1H,4-10H2,2-3H3. The molecule has 2 radical (unpaired) electrons. The summed E-state index contributed by atoms with van der Waals surface area (Å²) in [6, 6.07) is 0. The van der Waals surface area contributed by atoms with E-state index in [1.54, 1.807) is 0 Å². The summed E-state index contributed by atoms with van der Waals surface area (Å²) < 4.78 is 0. The highest BCUT2D eigenvalue weighted by Gasteiger charge is 2.18. The molecular formula is C11H21N3O. The fourth-order valence-corrected chi connectivity index (χ4v) is 1.59. The van der Waals surface area contributed by atoms with E-state index in [0.717, 1.165) is 32.7 Å². The number of nitrogens with zero attached hydrogens (tertiary/aromatic N) is 3. The van der Waals surface area contributed by atoms with Crippen LogP contribution in [0.25, 0.3) is 0 Å². The van der Waals surface area contributed by atoms with Gasteiger partial charge >= 0.3 is 0 Å². The lowest BCUT2D eigenvalue weighted by molar-refractivity contribution is -0.133. The highest BCUT2D eigenvalue weighted by Crippen LogP contribution is 2.02. The lowest BCUT2D eigenvalue weighted by Crippen LogP contribution is -2.47. The molecule has 0 aromatic rings. The van der Waals surface area contributed by atoms with Gasteiger partial charge in [0.05, 0.1) is 0 Å². The molecule has 15 heavy (non-hydrogen) atoms. The number of amides is 1. The van der Waals surface area contributed by atoms with Gasteiger partial charge in [-0.2, -0.15) is 0 Å². The van der Waals surface area contributed by atoms with Crippen molar-refractivity contribution in [1.29, 1.82) is 0 Å². The minimum atomic E-state index is 0.253. The first-order valence-corrected chi connectivity index (χ1v) is 5.48. The van der Waals surface area contributed by atoms with E-state index in [4.69, 9.17) is 6.92 Å². The molecule has 0 N–H and O–H groups in total. The molecule has 0 saturated carbocycles. The van der Waals surface area contributed by atoms with Crippen molar-refractivity contribution >= 4 is 5.91 Å². The molecule has 86 valence electrons. The van der Waals surface area contributed by atoms with Crippen molar-refractivity contribution in [3.63, 3.8) is 0 Å². The van der Waals surface area contributed by atoms with Gasteiger partial charge in [-0.1, -0.05) is 0 Å². The van der Waals surface area contributed by atoms with E-state index in [1.165, 1.54) is 0 Å². The Balaban J connectivity index is 2.22. The van der Waals surface area contributed by atoms with Gasteiger partial charge in [0, 0.05) is 45.7 Å². The third-order valence-electron chi connectivity index (χ3n) is 2.88. The van der Waals surface area contributed by atoms with Gasteiger partial charge in [-0.15, -0.1) is 0 Å². The molecule has 0 aromatic heterocycles. The Hall–Kier alpha value is -0.610. The van der Waals surface area contributed by atoms with Crippen molar-refractivity contribution in [2.45, 2.75) is 6.42 Å². The normalized spacial score (nSPS) is 18.5. The van der Waals surface area contributed by atoms with Crippen LogP contribution in [0.5, 0.6) is 0 Å². The summed E-state index contributed by atoms with van der Waals surface area (Å²) in [5, 5.41) is 0. The molecule has 4 heteroatoms. The summed E-state index contributed by atoms with van der Waals surface area (Å²) >= 11 is 0. The lowest BCUT2D eigenvalue weighted by atomic mass is 10.3. The predicted octanol–water partition coefficient (Wildman–Crippen LogP) is -0.207. The lowest BCUT2D eigenvalue weighted by Gasteiger charge is -2.32. The second kappa shape index (κ2) is 6.08. The van der Waals surface area contributed by atoms with Crippen LogP contribution in [0.4, 0.5) is 0 Å². The van der Waals surface area contributed by atoms with Crippen molar-refractivity contribution in [3.8, 4) is 0 Å². The van der Waals surface area contributed by atoms with E-state index in [2.05, 4.69) is 11.9 Å². The van der Waals surface area contributed by atoms with Crippen molar-refractivity contribution in [2.24, 2.45) is 0 Å². The summed E-state index contributed by atoms with van der Waals surface area (Å²) in [5.74, 6) is 0.253. The molecule has 0 atom stereocenters. The van der Waals surface area contributed by atoms with Crippen LogP contribution in [-0.4, -0.2) is 74.0 Å². The van der Waals surface area contributed by atoms with Gasteiger partial charge in [-0.05, 0) is 21.0 Å². The molecule has 1 aliphatic heterocycles. The smallest absolute Gasteiger partial charge is 0.223 e. The average Bonchev–Trinajstić information content (AvgIpc) is 2.26. The largest absolute Gasteiger partial charge is 0.340 e. The Morgan fingerprint density at radius 3 is 2.47 bits per heavy atom. The van der Waals surface area contributed by atoms with Crippen molar-refractivity contribution < 1.29 is 4.79 Å². The number of carbonyl (C=O) groups excluding carboxylic acids is 1. The van der Waals surface area contributed by atoms with Crippen LogP contribution in [0, 0.1) is 6.92 Å². The Morgan fingerprint density at radius 2 is 1.93 bits per heavy atom. The van der Waals surface area contributed by atoms with E-state index in [0.29, 0.717) is 13.0 Å². The molecule has 1 fully saturated rings. The Bertz CT molecular complexity index is 200. The van der Waals surface area contributed by atoms with Crippen LogP contribution in [0.15, 0.2) is 0 Å². The van der Waals surface area contributed by atoms with Crippen LogP contribution in [0.1, 0.15) is 6.42 Å². The number of hydrogen-bond acceptors (Lipinski definition) is 3. The molecule has 1 aliphatic rings. The summed E-state index contributed by atoms with van der Waals surface area (Å²) in [6.45, 7) is 10.4. The number of carbonyl (C=O) groups is 1. The molecule has 1 heterocycles. The van der Waals surface area contributed by atoms with E-state index in [9.17, 15) is 4.79 Å². The van der Waals surface area contributed by atoms with E-state index in [-0.39, 0.29) is 5.91 Å². The first-order valence-electron chi connectivity index (χ1n) is 5.48. The molecule has 0 unspecified atom stereocenters. The maximum absolute atomic E-state index is 11.8. The van der Waals surface area contributed by atoms with E-state index in [1.807, 2.05) is 16.8 Å². The Kier molecular flexibility index (Phi) is 5.05. The Labute approximate surface area is 92.8 Å². The van der Waals surface area contributed by atoms with Gasteiger partial charge in [0.2, 0.25) is 5.91 Å². The maximum Gasteiger partial charge on any atom is 0.223 e. The van der Waals surface area contributed by atoms with E-state index >= 15 is 0 Å². The van der Waals surface area contributed by atoms with Crippen LogP contribution in [0.2, 0.25) is 0 Å². The highest BCUT2D eigenvalue weighted by molar-refractivity contribution is 5.76. The molecule has 0 spiro atoms. The predicted molar refractivity (Wildman–Crippen MR) is 60.5 cm³/mol. The minimum absolute atomic E-state index is 0.253. The van der Waals surface area contributed by atoms with Crippen molar-refractivity contribution in [2.75, 3.05) is 53.4 Å². The van der Waals surface area contributed by atoms with Crippen LogP contribution < -0.4 is 0 Å². The molecule has 1 saturated heterocycles. The topological polar surface area (TPSA) is 26.8 Å². The summed E-state index contributed by atoms with van der Waals surface area (Å²) in [7, 11) is 4.02. The average molecular weight is 211 g/mol. The number of likely N-dealkylation sites (N-methyl/N-ethyl adjacent to an activating group) is 1. The molecule has 0 aromatic carbocycles. The first-order chi connectivity index (χ1) is 7.13. The summed E-state index contributed by atoms with van der Waals surface area (Å²) in [5.41, 5.74) is 0. The first kappa shape index (κ1) is 12.5. The van der Waals surface area contributed by atoms with Gasteiger partial charge in [-0.25, -0.2) is 0 Å². The molecule has 0 aliphatic carbocycles. The molecule has 0 bridgehead atoms. The second-order valence-corrected chi connectivity index (χ2v) is 4.20. The minimum Gasteiger partial charge on any atom is -0.340 e. The van der Waals surface area contributed by atoms with Crippen molar-refractivity contribution in [1.82, 2.24) is 14.7 Å². The zero-order valence-electron chi connectivity index (χ0n) is 9.78. The van der Waals surface area contributed by atoms with Crippen molar-refractivity contribution in [3.05, 3.63) is 6.92 Å². The van der Waals surface area contributed by atoms with Crippen LogP contribution in [-0.2, 0) is 4.79 Å². The third-order valence-corrected chi connectivity index (χ3v) is 2.88. The fourth-order valence-electron chi connectivity index (χ4n) is 1.59. The van der Waals surface area contributed by atoms with Crippen LogP contribution in [0.3, 0.4) is 0 Å². The highest BCUT2D eigenvalue weighted by atomic mass is 16.2. The van der Waals surface area contributed by atoms with Gasteiger partial charge in [0.1, 0.15) is 0 Å². The van der Waals surface area contributed by atoms with E-state index < -0.39 is 0 Å². The second-order valence-electron chi connectivity index (χ2n) is 4.20. The third kappa shape index (κ3) is 4.18. The van der Waals surface area contributed by atoms with Gasteiger partial charge < -0.3 is 14.7 Å². The quantitative estimate of drug-likeness (QED) is 0.644. The number of hydrogen-bond donors (Lipinski definition) is 0. The number of piperazine rings is 1. The summed E-state index contributed by atoms with van der Waals surface area (Å²) in [6.07, 6.45) is 0.581. The van der Waals surface area contributed by atoms with Gasteiger partial charge in [0.25, 0.3) is 0 Å². The Morgan fingerprint density at radius 1 is 1.33 bits per heavy atom.